The van der Waals surface area contributed by atoms with Crippen molar-refractivity contribution in [1.82, 2.24) is 29.3 Å². The average Bonchev–Trinajstić information content (AvgIpc) is 3.39. The van der Waals surface area contributed by atoms with E-state index in [4.69, 9.17) is 4.98 Å². The highest BCUT2D eigenvalue weighted by Gasteiger charge is 2.18. The van der Waals surface area contributed by atoms with E-state index in [0.717, 1.165) is 32.1 Å². The number of aromatic nitrogens is 6. The minimum absolute atomic E-state index is 0.121. The standard InChI is InChI=1S/C16H12N6OS3/c1-21-13-11(3-19-22(16(13)23)4-10-6-25-8-18-10)14-15(21)20-12(26-14)2-9-5-24-7-17-9/h3,5-8H,2,4H2,1H3. The number of aryl methyl sites for hydroxylation is 1. The molecule has 0 aliphatic rings. The maximum atomic E-state index is 12.9. The molecule has 0 atom stereocenters. The normalized spacial score (nSPS) is 11.7. The molecule has 0 fully saturated rings. The molecule has 5 aromatic heterocycles. The summed E-state index contributed by atoms with van der Waals surface area (Å²) in [6, 6.07) is 0. The van der Waals surface area contributed by atoms with Gasteiger partial charge in [-0.05, 0) is 0 Å². The number of fused-ring (bicyclic) bond motifs is 3. The molecule has 10 heteroatoms. The molecule has 0 radical (unpaired) electrons. The molecule has 0 bridgehead atoms. The minimum Gasteiger partial charge on any atom is -0.323 e. The fraction of sp³-hybridized carbons (Fsp3) is 0.188. The van der Waals surface area contributed by atoms with Crippen LogP contribution >= 0.6 is 34.0 Å². The molecule has 0 aliphatic heterocycles. The first-order valence-electron chi connectivity index (χ1n) is 7.79. The Kier molecular flexibility index (Phi) is 3.69. The van der Waals surface area contributed by atoms with Crippen LogP contribution in [0.25, 0.3) is 21.3 Å². The quantitative estimate of drug-likeness (QED) is 0.463. The largest absolute Gasteiger partial charge is 0.323 e. The molecule has 0 N–H and O–H groups in total. The monoisotopic (exact) mass is 400 g/mol. The summed E-state index contributed by atoms with van der Waals surface area (Å²) in [7, 11) is 1.88. The van der Waals surface area contributed by atoms with Crippen LogP contribution in [0.5, 0.6) is 0 Å². The molecule has 26 heavy (non-hydrogen) atoms. The summed E-state index contributed by atoms with van der Waals surface area (Å²) in [5, 5.41) is 10.2. The fourth-order valence-corrected chi connectivity index (χ4v) is 5.20. The Morgan fingerprint density at radius 3 is 2.62 bits per heavy atom. The van der Waals surface area contributed by atoms with E-state index in [9.17, 15) is 4.79 Å². The van der Waals surface area contributed by atoms with Gasteiger partial charge < -0.3 is 4.57 Å². The second-order valence-corrected chi connectivity index (χ2v) is 8.35. The third-order valence-corrected chi connectivity index (χ3v) is 6.53. The van der Waals surface area contributed by atoms with E-state index in [2.05, 4.69) is 15.1 Å². The third kappa shape index (κ3) is 2.49. The Morgan fingerprint density at radius 2 is 1.88 bits per heavy atom. The van der Waals surface area contributed by atoms with Gasteiger partial charge in [-0.3, -0.25) is 4.79 Å². The van der Waals surface area contributed by atoms with Gasteiger partial charge in [0.2, 0.25) is 0 Å². The highest BCUT2D eigenvalue weighted by molar-refractivity contribution is 7.19. The van der Waals surface area contributed by atoms with E-state index < -0.39 is 0 Å². The molecular weight excluding hydrogens is 388 g/mol. The van der Waals surface area contributed by atoms with E-state index in [1.807, 2.05) is 27.9 Å². The van der Waals surface area contributed by atoms with Gasteiger partial charge in [0.1, 0.15) is 10.5 Å². The number of thiazole rings is 3. The van der Waals surface area contributed by atoms with Crippen molar-refractivity contribution in [3.8, 4) is 0 Å². The molecule has 7 nitrogen and oxygen atoms in total. The summed E-state index contributed by atoms with van der Waals surface area (Å²) < 4.78 is 4.32. The highest BCUT2D eigenvalue weighted by atomic mass is 32.1. The predicted octanol–water partition coefficient (Wildman–Crippen LogP) is 2.90. The Morgan fingerprint density at radius 1 is 1.12 bits per heavy atom. The van der Waals surface area contributed by atoms with Crippen LogP contribution in [0.3, 0.4) is 0 Å². The van der Waals surface area contributed by atoms with Crippen molar-refractivity contribution < 1.29 is 0 Å². The number of nitrogens with zero attached hydrogens (tertiary/aromatic N) is 6. The van der Waals surface area contributed by atoms with Crippen molar-refractivity contribution in [2.75, 3.05) is 0 Å². The second-order valence-electron chi connectivity index (χ2n) is 5.83. The SMILES string of the molecule is Cn1c2nc(Cc3cscn3)sc2c2cnn(Cc3cscn3)c(=O)c21. The maximum absolute atomic E-state index is 12.9. The van der Waals surface area contributed by atoms with Crippen LogP contribution in [0.2, 0.25) is 0 Å². The smallest absolute Gasteiger partial charge is 0.291 e. The van der Waals surface area contributed by atoms with Gasteiger partial charge >= 0.3 is 0 Å². The van der Waals surface area contributed by atoms with Gasteiger partial charge in [-0.25, -0.2) is 19.6 Å². The van der Waals surface area contributed by atoms with Crippen LogP contribution in [-0.4, -0.2) is 29.3 Å². The predicted molar refractivity (Wildman–Crippen MR) is 104 cm³/mol. The number of rotatable bonds is 4. The van der Waals surface area contributed by atoms with Gasteiger partial charge in [-0.2, -0.15) is 5.10 Å². The lowest BCUT2D eigenvalue weighted by molar-refractivity contribution is 0.635. The van der Waals surface area contributed by atoms with E-state index in [1.165, 1.54) is 16.0 Å². The molecule has 0 saturated heterocycles. The lowest BCUT2D eigenvalue weighted by atomic mass is 10.3. The van der Waals surface area contributed by atoms with Crippen molar-refractivity contribution in [2.45, 2.75) is 13.0 Å². The lowest BCUT2D eigenvalue weighted by Gasteiger charge is -2.03. The fourth-order valence-electron chi connectivity index (χ4n) is 2.97. The summed E-state index contributed by atoms with van der Waals surface area (Å²) in [5.41, 5.74) is 6.76. The lowest BCUT2D eigenvalue weighted by Crippen LogP contribution is -2.24. The molecule has 0 unspecified atom stereocenters. The first-order chi connectivity index (χ1) is 12.7. The Hall–Kier alpha value is -2.43. The van der Waals surface area contributed by atoms with Crippen LogP contribution in [0.15, 0.2) is 32.8 Å². The Labute approximate surface area is 159 Å². The average molecular weight is 401 g/mol. The van der Waals surface area contributed by atoms with Gasteiger partial charge in [0.15, 0.2) is 5.65 Å². The summed E-state index contributed by atoms with van der Waals surface area (Å²) in [4.78, 5) is 26.2. The van der Waals surface area contributed by atoms with E-state index in [-0.39, 0.29) is 5.56 Å². The number of hydrogen-bond acceptors (Lipinski definition) is 8. The van der Waals surface area contributed by atoms with Crippen molar-refractivity contribution in [2.24, 2.45) is 7.05 Å². The second kappa shape index (κ2) is 6.08. The molecule has 5 heterocycles. The summed E-state index contributed by atoms with van der Waals surface area (Å²) in [6.07, 6.45) is 2.47. The molecule has 0 aliphatic carbocycles. The van der Waals surface area contributed by atoms with Crippen LogP contribution in [0, 0.1) is 0 Å². The first-order valence-corrected chi connectivity index (χ1v) is 10.5. The van der Waals surface area contributed by atoms with Gasteiger partial charge in [0.05, 0.1) is 39.9 Å². The van der Waals surface area contributed by atoms with E-state index in [0.29, 0.717) is 18.5 Å². The molecule has 5 rings (SSSR count). The van der Waals surface area contributed by atoms with Gasteiger partial charge in [0, 0.05) is 29.6 Å². The molecular formula is C16H12N6OS3. The van der Waals surface area contributed by atoms with Crippen molar-refractivity contribution in [3.63, 3.8) is 0 Å². The van der Waals surface area contributed by atoms with E-state index >= 15 is 0 Å². The van der Waals surface area contributed by atoms with Crippen molar-refractivity contribution >= 4 is 55.3 Å². The zero-order chi connectivity index (χ0) is 17.7. The third-order valence-electron chi connectivity index (χ3n) is 4.18. The van der Waals surface area contributed by atoms with Crippen molar-refractivity contribution in [3.05, 3.63) is 54.7 Å². The van der Waals surface area contributed by atoms with Crippen LogP contribution < -0.4 is 5.56 Å². The van der Waals surface area contributed by atoms with Gasteiger partial charge in [0.25, 0.3) is 5.56 Å². The van der Waals surface area contributed by atoms with Crippen LogP contribution in [0.4, 0.5) is 0 Å². The molecule has 0 spiro atoms. The first kappa shape index (κ1) is 15.8. The van der Waals surface area contributed by atoms with Gasteiger partial charge in [-0.1, -0.05) is 0 Å². The van der Waals surface area contributed by atoms with E-state index in [1.54, 1.807) is 34.4 Å². The minimum atomic E-state index is -0.121. The summed E-state index contributed by atoms with van der Waals surface area (Å²) >= 11 is 4.69. The highest BCUT2D eigenvalue weighted by Crippen LogP contribution is 2.31. The zero-order valence-corrected chi connectivity index (χ0v) is 16.1. The molecule has 0 saturated carbocycles. The molecule has 0 aromatic carbocycles. The van der Waals surface area contributed by atoms with Crippen LogP contribution in [-0.2, 0) is 20.0 Å². The van der Waals surface area contributed by atoms with Gasteiger partial charge in [-0.15, -0.1) is 34.0 Å². The van der Waals surface area contributed by atoms with Crippen molar-refractivity contribution in [1.29, 1.82) is 0 Å². The maximum Gasteiger partial charge on any atom is 0.291 e. The van der Waals surface area contributed by atoms with Crippen LogP contribution in [0.1, 0.15) is 16.4 Å². The zero-order valence-electron chi connectivity index (χ0n) is 13.6. The summed E-state index contributed by atoms with van der Waals surface area (Å²) in [5.74, 6) is 0. The molecule has 0 amide bonds. The number of hydrogen-bond donors (Lipinski definition) is 0. The molecule has 5 aromatic rings. The Bertz CT molecular complexity index is 1260. The Balaban J connectivity index is 1.62. The molecule has 130 valence electrons. The summed E-state index contributed by atoms with van der Waals surface area (Å²) in [6.45, 7) is 0.375. The topological polar surface area (TPSA) is 78.5 Å².